The SMILES string of the molecule is c1ccc(-c2nc3ccc4sc5cc(N(c6ccc7sc8ccccc8c7c6)c6ccc7sc8ccccc8c7c6)ccc5c4c3s2)cc1. The van der Waals surface area contributed by atoms with Crippen molar-refractivity contribution in [3.63, 3.8) is 0 Å². The molecule has 7 aromatic carbocycles. The van der Waals surface area contributed by atoms with Crippen LogP contribution < -0.4 is 4.90 Å². The first kappa shape index (κ1) is 27.8. The van der Waals surface area contributed by atoms with E-state index < -0.39 is 0 Å². The molecule has 0 radical (unpaired) electrons. The van der Waals surface area contributed by atoms with Crippen molar-refractivity contribution in [1.29, 1.82) is 0 Å². The van der Waals surface area contributed by atoms with Crippen LogP contribution in [0.5, 0.6) is 0 Å². The molecule has 11 rings (SSSR count). The van der Waals surface area contributed by atoms with Crippen LogP contribution >= 0.6 is 45.3 Å². The highest BCUT2D eigenvalue weighted by atomic mass is 32.1. The van der Waals surface area contributed by atoms with Crippen molar-refractivity contribution in [2.24, 2.45) is 0 Å². The smallest absolute Gasteiger partial charge is 0.124 e. The Morgan fingerprint density at radius 3 is 1.63 bits per heavy atom. The summed E-state index contributed by atoms with van der Waals surface area (Å²) in [7, 11) is 0. The molecular formula is C43H24N2S4. The first-order valence-corrected chi connectivity index (χ1v) is 19.5. The normalized spacial score (nSPS) is 12.1. The second-order valence-electron chi connectivity index (χ2n) is 12.3. The van der Waals surface area contributed by atoms with Crippen molar-refractivity contribution in [1.82, 2.24) is 4.98 Å². The van der Waals surface area contributed by atoms with Crippen molar-refractivity contribution < 1.29 is 0 Å². The quantitative estimate of drug-likeness (QED) is 0.182. The minimum Gasteiger partial charge on any atom is -0.310 e. The Kier molecular flexibility index (Phi) is 6.07. The predicted octanol–water partition coefficient (Wildman–Crippen LogP) is 14.5. The summed E-state index contributed by atoms with van der Waals surface area (Å²) in [6.07, 6.45) is 0. The van der Waals surface area contributed by atoms with Gasteiger partial charge in [-0.1, -0.05) is 72.8 Å². The zero-order valence-electron chi connectivity index (χ0n) is 25.9. The highest BCUT2D eigenvalue weighted by Gasteiger charge is 2.19. The second-order valence-corrected chi connectivity index (χ2v) is 16.6. The largest absolute Gasteiger partial charge is 0.310 e. The molecule has 0 saturated carbocycles. The van der Waals surface area contributed by atoms with Gasteiger partial charge in [0.25, 0.3) is 0 Å². The molecular weight excluding hydrogens is 673 g/mol. The highest BCUT2D eigenvalue weighted by molar-refractivity contribution is 7.28. The summed E-state index contributed by atoms with van der Waals surface area (Å²) in [5.74, 6) is 0. The fourth-order valence-corrected chi connectivity index (χ4v) is 11.7. The number of fused-ring (bicyclic) bond motifs is 11. The number of benzene rings is 7. The van der Waals surface area contributed by atoms with E-state index in [0.717, 1.165) is 27.6 Å². The number of aromatic nitrogens is 1. The number of hydrogen-bond acceptors (Lipinski definition) is 6. The van der Waals surface area contributed by atoms with Crippen LogP contribution in [0.1, 0.15) is 0 Å². The van der Waals surface area contributed by atoms with Crippen molar-refractivity contribution in [2.45, 2.75) is 0 Å². The van der Waals surface area contributed by atoms with E-state index in [9.17, 15) is 0 Å². The maximum atomic E-state index is 5.05. The molecule has 0 aliphatic rings. The Balaban J connectivity index is 1.13. The van der Waals surface area contributed by atoms with Gasteiger partial charge in [-0.3, -0.25) is 0 Å². The summed E-state index contributed by atoms with van der Waals surface area (Å²) in [4.78, 5) is 7.49. The third-order valence-corrected chi connectivity index (χ3v) is 14.0. The van der Waals surface area contributed by atoms with E-state index in [2.05, 4.69) is 150 Å². The Bertz CT molecular complexity index is 2960. The topological polar surface area (TPSA) is 16.1 Å². The van der Waals surface area contributed by atoms with Crippen LogP contribution in [-0.4, -0.2) is 4.98 Å². The molecule has 6 heteroatoms. The molecule has 0 saturated heterocycles. The fraction of sp³-hybridized carbons (Fsp3) is 0. The van der Waals surface area contributed by atoms with Gasteiger partial charge in [-0.25, -0.2) is 4.98 Å². The van der Waals surface area contributed by atoms with Gasteiger partial charge in [-0.2, -0.15) is 0 Å². The second kappa shape index (κ2) is 10.7. The van der Waals surface area contributed by atoms with E-state index in [4.69, 9.17) is 4.98 Å². The van der Waals surface area contributed by atoms with Crippen molar-refractivity contribution in [3.05, 3.63) is 146 Å². The third-order valence-electron chi connectivity index (χ3n) is 9.49. The van der Waals surface area contributed by atoms with Gasteiger partial charge in [-0.05, 0) is 72.8 Å². The third kappa shape index (κ3) is 4.32. The minimum absolute atomic E-state index is 1.06. The first-order chi connectivity index (χ1) is 24.2. The van der Waals surface area contributed by atoms with Crippen LogP contribution in [0.15, 0.2) is 146 Å². The van der Waals surface area contributed by atoms with E-state index in [1.165, 1.54) is 70.8 Å². The maximum Gasteiger partial charge on any atom is 0.124 e. The summed E-state index contributed by atoms with van der Waals surface area (Å²) in [6, 6.07) is 53.4. The molecule has 4 aromatic heterocycles. The Hall–Kier alpha value is -5.11. The zero-order valence-corrected chi connectivity index (χ0v) is 29.1. The van der Waals surface area contributed by atoms with Crippen LogP contribution in [-0.2, 0) is 0 Å². The fourth-order valence-electron chi connectivity index (χ4n) is 7.23. The van der Waals surface area contributed by atoms with Gasteiger partial charge in [0.05, 0.1) is 10.2 Å². The lowest BCUT2D eigenvalue weighted by atomic mass is 10.1. The number of thiophene rings is 3. The summed E-state index contributed by atoms with van der Waals surface area (Å²) >= 11 is 7.39. The molecule has 0 spiro atoms. The van der Waals surface area contributed by atoms with Gasteiger partial charge in [0.15, 0.2) is 0 Å². The van der Waals surface area contributed by atoms with E-state index >= 15 is 0 Å². The summed E-state index contributed by atoms with van der Waals surface area (Å²) < 4.78 is 9.11. The van der Waals surface area contributed by atoms with Gasteiger partial charge >= 0.3 is 0 Å². The summed E-state index contributed by atoms with van der Waals surface area (Å²) in [6.45, 7) is 0. The zero-order chi connectivity index (χ0) is 32.1. The van der Waals surface area contributed by atoms with Gasteiger partial charge in [0.2, 0.25) is 0 Å². The van der Waals surface area contributed by atoms with Crippen LogP contribution in [0.4, 0.5) is 17.1 Å². The number of nitrogens with zero attached hydrogens (tertiary/aromatic N) is 2. The van der Waals surface area contributed by atoms with E-state index in [1.54, 1.807) is 11.3 Å². The van der Waals surface area contributed by atoms with E-state index in [-0.39, 0.29) is 0 Å². The molecule has 0 fully saturated rings. The molecule has 0 amide bonds. The molecule has 2 nitrogen and oxygen atoms in total. The average molecular weight is 697 g/mol. The molecule has 11 aromatic rings. The minimum atomic E-state index is 1.06. The number of anilines is 3. The van der Waals surface area contributed by atoms with Crippen LogP contribution in [0.3, 0.4) is 0 Å². The summed E-state index contributed by atoms with van der Waals surface area (Å²) in [5.41, 5.74) is 5.71. The van der Waals surface area contributed by atoms with E-state index in [0.29, 0.717) is 0 Å². The molecule has 0 N–H and O–H groups in total. The Labute approximate surface area is 297 Å². The molecule has 0 atom stereocenters. The number of hydrogen-bond donors (Lipinski definition) is 0. The van der Waals surface area contributed by atoms with Crippen LogP contribution in [0, 0.1) is 0 Å². The number of thiazole rings is 1. The molecule has 0 aliphatic heterocycles. The standard InChI is InChI=1S/C43H24N2S4/c1-2-8-25(9-3-1)43-44-34-18-21-39-41(42(34)49-43)31-17-14-28(24-40(31)48-39)45(26-15-19-37-32(22-26)29-10-4-6-12-35(29)46-37)27-16-20-38-33(23-27)30-11-5-7-13-36(30)47-38/h1-24H. The van der Waals surface area contributed by atoms with Gasteiger partial charge < -0.3 is 4.90 Å². The first-order valence-electron chi connectivity index (χ1n) is 16.2. The molecule has 0 aliphatic carbocycles. The summed E-state index contributed by atoms with van der Waals surface area (Å²) in [5, 5.41) is 8.89. The van der Waals surface area contributed by atoms with E-state index in [1.807, 2.05) is 34.0 Å². The number of rotatable bonds is 4. The van der Waals surface area contributed by atoms with Gasteiger partial charge in [0, 0.05) is 83.1 Å². The molecule has 230 valence electrons. The monoisotopic (exact) mass is 696 g/mol. The molecule has 0 unspecified atom stereocenters. The lowest BCUT2D eigenvalue weighted by Crippen LogP contribution is -2.09. The van der Waals surface area contributed by atoms with Crippen molar-refractivity contribution in [3.8, 4) is 10.6 Å². The van der Waals surface area contributed by atoms with Crippen LogP contribution in [0.25, 0.3) is 81.3 Å². The van der Waals surface area contributed by atoms with Crippen LogP contribution in [0.2, 0.25) is 0 Å². The molecule has 49 heavy (non-hydrogen) atoms. The molecule has 4 heterocycles. The maximum absolute atomic E-state index is 5.05. The van der Waals surface area contributed by atoms with Gasteiger partial charge in [0.1, 0.15) is 5.01 Å². The predicted molar refractivity (Wildman–Crippen MR) is 218 cm³/mol. The lowest BCUT2D eigenvalue weighted by Gasteiger charge is -2.26. The van der Waals surface area contributed by atoms with Crippen molar-refractivity contribution in [2.75, 3.05) is 4.90 Å². The van der Waals surface area contributed by atoms with Gasteiger partial charge in [-0.15, -0.1) is 45.3 Å². The average Bonchev–Trinajstić information content (AvgIpc) is 3.92. The highest BCUT2D eigenvalue weighted by Crippen LogP contribution is 2.47. The lowest BCUT2D eigenvalue weighted by molar-refractivity contribution is 1.30. The van der Waals surface area contributed by atoms with Crippen molar-refractivity contribution >= 4 is 133 Å². The Morgan fingerprint density at radius 1 is 0.388 bits per heavy atom. The Morgan fingerprint density at radius 2 is 0.939 bits per heavy atom. The molecule has 0 bridgehead atoms.